The van der Waals surface area contributed by atoms with Crippen molar-refractivity contribution in [2.45, 2.75) is 32.1 Å². The van der Waals surface area contributed by atoms with Crippen LogP contribution in [0.25, 0.3) is 11.0 Å². The van der Waals surface area contributed by atoms with Crippen molar-refractivity contribution in [3.63, 3.8) is 0 Å². The van der Waals surface area contributed by atoms with Crippen LogP contribution >= 0.6 is 0 Å². The van der Waals surface area contributed by atoms with Crippen LogP contribution in [0.1, 0.15) is 36.7 Å². The standard InChI is InChI=1S/C19H23N7O/c1-12-21-18-15(9-20-25(18)2)19(22-12)26-8-7-13(10-26)11-27-17-6-5-16(23-24-17)14-3-4-14/h5-6,9,13-14H,3-4,7-8,10-11H2,1-2H3. The van der Waals surface area contributed by atoms with Crippen molar-refractivity contribution in [2.24, 2.45) is 13.0 Å². The van der Waals surface area contributed by atoms with Crippen molar-refractivity contribution in [1.82, 2.24) is 29.9 Å². The maximum Gasteiger partial charge on any atom is 0.233 e. The topological polar surface area (TPSA) is 81.9 Å². The Morgan fingerprint density at radius 1 is 1.15 bits per heavy atom. The quantitative estimate of drug-likeness (QED) is 0.686. The molecule has 0 spiro atoms. The molecule has 1 saturated carbocycles. The van der Waals surface area contributed by atoms with Gasteiger partial charge in [-0.25, -0.2) is 9.97 Å². The van der Waals surface area contributed by atoms with Gasteiger partial charge in [0.05, 0.1) is 23.9 Å². The molecule has 3 aromatic rings. The monoisotopic (exact) mass is 365 g/mol. The molecule has 140 valence electrons. The van der Waals surface area contributed by atoms with E-state index in [2.05, 4.69) is 30.2 Å². The SMILES string of the molecule is Cc1nc(N2CCC(COc3ccc(C4CC4)nn3)C2)c2cnn(C)c2n1. The first kappa shape index (κ1) is 16.4. The van der Waals surface area contributed by atoms with Gasteiger partial charge in [-0.2, -0.15) is 10.2 Å². The molecule has 0 radical (unpaired) electrons. The summed E-state index contributed by atoms with van der Waals surface area (Å²) in [6.07, 6.45) is 5.39. The van der Waals surface area contributed by atoms with Crippen molar-refractivity contribution in [1.29, 1.82) is 0 Å². The Bertz CT molecular complexity index is 964. The molecule has 1 atom stereocenters. The van der Waals surface area contributed by atoms with Crippen molar-refractivity contribution < 1.29 is 4.74 Å². The molecule has 8 nitrogen and oxygen atoms in total. The van der Waals surface area contributed by atoms with Gasteiger partial charge >= 0.3 is 0 Å². The van der Waals surface area contributed by atoms with Crippen LogP contribution in [0.15, 0.2) is 18.3 Å². The van der Waals surface area contributed by atoms with E-state index in [0.717, 1.165) is 47.9 Å². The van der Waals surface area contributed by atoms with Gasteiger partial charge in [0.2, 0.25) is 5.88 Å². The summed E-state index contributed by atoms with van der Waals surface area (Å²) in [7, 11) is 1.91. The van der Waals surface area contributed by atoms with Gasteiger partial charge in [0, 0.05) is 38.0 Å². The molecule has 0 aromatic carbocycles. The molecule has 27 heavy (non-hydrogen) atoms. The molecular formula is C19H23N7O. The highest BCUT2D eigenvalue weighted by Crippen LogP contribution is 2.38. The third-order valence-corrected chi connectivity index (χ3v) is 5.39. The molecule has 8 heteroatoms. The highest BCUT2D eigenvalue weighted by molar-refractivity contribution is 5.87. The average Bonchev–Trinajstić information content (AvgIpc) is 3.31. The van der Waals surface area contributed by atoms with Crippen LogP contribution in [0, 0.1) is 12.8 Å². The average molecular weight is 365 g/mol. The fourth-order valence-corrected chi connectivity index (χ4v) is 3.72. The first-order valence-electron chi connectivity index (χ1n) is 9.55. The first-order valence-corrected chi connectivity index (χ1v) is 9.55. The maximum absolute atomic E-state index is 5.90. The number of anilines is 1. The molecule has 1 saturated heterocycles. The Morgan fingerprint density at radius 3 is 2.81 bits per heavy atom. The van der Waals surface area contributed by atoms with E-state index in [1.54, 1.807) is 4.68 Å². The third kappa shape index (κ3) is 3.20. The second kappa shape index (κ2) is 6.44. The molecular weight excluding hydrogens is 342 g/mol. The Labute approximate surface area is 157 Å². The Morgan fingerprint density at radius 2 is 2.04 bits per heavy atom. The van der Waals surface area contributed by atoms with Crippen LogP contribution in [-0.2, 0) is 7.05 Å². The van der Waals surface area contributed by atoms with E-state index < -0.39 is 0 Å². The van der Waals surface area contributed by atoms with Crippen LogP contribution in [0.3, 0.4) is 0 Å². The number of rotatable bonds is 5. The van der Waals surface area contributed by atoms with E-state index in [1.165, 1.54) is 12.8 Å². The minimum atomic E-state index is 0.442. The minimum absolute atomic E-state index is 0.442. The normalized spacial score (nSPS) is 19.8. The molecule has 4 heterocycles. The van der Waals surface area contributed by atoms with Gasteiger partial charge in [0.15, 0.2) is 5.65 Å². The molecule has 2 aliphatic rings. The highest BCUT2D eigenvalue weighted by Gasteiger charge is 2.27. The lowest BCUT2D eigenvalue weighted by molar-refractivity contribution is 0.249. The lowest BCUT2D eigenvalue weighted by Crippen LogP contribution is -2.23. The number of hydrogen-bond acceptors (Lipinski definition) is 7. The number of aromatic nitrogens is 6. The van der Waals surface area contributed by atoms with Crippen LogP contribution in [0.2, 0.25) is 0 Å². The van der Waals surface area contributed by atoms with Gasteiger partial charge in [0.25, 0.3) is 0 Å². The highest BCUT2D eigenvalue weighted by atomic mass is 16.5. The van der Waals surface area contributed by atoms with Crippen molar-refractivity contribution in [3.8, 4) is 5.88 Å². The van der Waals surface area contributed by atoms with Crippen molar-refractivity contribution in [2.75, 3.05) is 24.6 Å². The number of hydrogen-bond donors (Lipinski definition) is 0. The second-order valence-corrected chi connectivity index (χ2v) is 7.58. The van der Waals surface area contributed by atoms with E-state index >= 15 is 0 Å². The summed E-state index contributed by atoms with van der Waals surface area (Å²) in [5, 5.41) is 13.8. The van der Waals surface area contributed by atoms with Gasteiger partial charge < -0.3 is 9.64 Å². The predicted octanol–water partition coefficient (Wildman–Crippen LogP) is 2.24. The van der Waals surface area contributed by atoms with E-state index in [0.29, 0.717) is 24.3 Å². The molecule has 3 aromatic heterocycles. The smallest absolute Gasteiger partial charge is 0.233 e. The fourth-order valence-electron chi connectivity index (χ4n) is 3.72. The van der Waals surface area contributed by atoms with Gasteiger partial charge in [-0.1, -0.05) is 0 Å². The van der Waals surface area contributed by atoms with Crippen LogP contribution < -0.4 is 9.64 Å². The predicted molar refractivity (Wildman–Crippen MR) is 101 cm³/mol. The van der Waals surface area contributed by atoms with Crippen molar-refractivity contribution in [3.05, 3.63) is 29.8 Å². The van der Waals surface area contributed by atoms with Gasteiger partial charge in [0.1, 0.15) is 11.6 Å². The summed E-state index contributed by atoms with van der Waals surface area (Å²) in [5.74, 6) is 3.42. The van der Waals surface area contributed by atoms with E-state index in [1.807, 2.05) is 32.3 Å². The van der Waals surface area contributed by atoms with Gasteiger partial charge in [-0.05, 0) is 32.3 Å². The van der Waals surface area contributed by atoms with E-state index in [9.17, 15) is 0 Å². The molecule has 0 N–H and O–H groups in total. The zero-order valence-corrected chi connectivity index (χ0v) is 15.7. The van der Waals surface area contributed by atoms with Gasteiger partial charge in [-0.15, -0.1) is 5.10 Å². The zero-order valence-electron chi connectivity index (χ0n) is 15.7. The summed E-state index contributed by atoms with van der Waals surface area (Å²) >= 11 is 0. The maximum atomic E-state index is 5.90. The summed E-state index contributed by atoms with van der Waals surface area (Å²) in [5.41, 5.74) is 1.97. The van der Waals surface area contributed by atoms with E-state index in [4.69, 9.17) is 4.74 Å². The molecule has 1 aliphatic carbocycles. The summed E-state index contributed by atoms with van der Waals surface area (Å²) in [4.78, 5) is 11.5. The van der Waals surface area contributed by atoms with Crippen LogP contribution in [0.4, 0.5) is 5.82 Å². The van der Waals surface area contributed by atoms with Crippen LogP contribution in [0.5, 0.6) is 5.88 Å². The molecule has 5 rings (SSSR count). The van der Waals surface area contributed by atoms with Crippen LogP contribution in [-0.4, -0.2) is 49.6 Å². The lowest BCUT2D eigenvalue weighted by Gasteiger charge is -2.18. The minimum Gasteiger partial charge on any atom is -0.476 e. The first-order chi connectivity index (χ1) is 13.2. The van der Waals surface area contributed by atoms with Gasteiger partial charge in [-0.3, -0.25) is 4.68 Å². The lowest BCUT2D eigenvalue weighted by atomic mass is 10.1. The fraction of sp³-hybridized carbons (Fsp3) is 0.526. The number of nitrogens with zero attached hydrogens (tertiary/aromatic N) is 7. The summed E-state index contributed by atoms with van der Waals surface area (Å²) in [6, 6.07) is 3.99. The Balaban J connectivity index is 1.25. The molecule has 1 aliphatic heterocycles. The largest absolute Gasteiger partial charge is 0.476 e. The summed E-state index contributed by atoms with van der Waals surface area (Å²) < 4.78 is 7.69. The number of fused-ring (bicyclic) bond motifs is 1. The zero-order chi connectivity index (χ0) is 18.4. The Hall–Kier alpha value is -2.77. The number of ether oxygens (including phenoxy) is 1. The molecule has 2 fully saturated rings. The third-order valence-electron chi connectivity index (χ3n) is 5.39. The second-order valence-electron chi connectivity index (χ2n) is 7.58. The Kier molecular flexibility index (Phi) is 3.91. The molecule has 0 bridgehead atoms. The van der Waals surface area contributed by atoms with Crippen molar-refractivity contribution >= 4 is 16.9 Å². The molecule has 1 unspecified atom stereocenters. The molecule has 0 amide bonds. The number of aryl methyl sites for hydroxylation is 2. The van der Waals surface area contributed by atoms with E-state index in [-0.39, 0.29) is 0 Å². The summed E-state index contributed by atoms with van der Waals surface area (Å²) in [6.45, 7) is 4.44.